The predicted molar refractivity (Wildman–Crippen MR) is 20.6 cm³/mol. The van der Waals surface area contributed by atoms with Gasteiger partial charge in [0.1, 0.15) is 6.21 Å². The van der Waals surface area contributed by atoms with Gasteiger partial charge in [-0.3, -0.25) is 0 Å². The molecule has 6 heavy (non-hydrogen) atoms. The van der Waals surface area contributed by atoms with Crippen LogP contribution in [0.25, 0.3) is 0 Å². The quantitative estimate of drug-likeness (QED) is 0.414. The minimum absolute atomic E-state index is 1.00. The summed E-state index contributed by atoms with van der Waals surface area (Å²) in [6.07, 6.45) is 4.82. The largest absolute Gasteiger partial charge is 0.234 e. The Bertz CT molecular complexity index is 108. The van der Waals surface area contributed by atoms with Gasteiger partial charge in [0.05, 0.1) is 0 Å². The lowest BCUT2D eigenvalue weighted by Gasteiger charge is -1.59. The molecule has 0 aliphatic carbocycles. The molecule has 0 aromatic rings. The summed E-state index contributed by atoms with van der Waals surface area (Å²) in [4.78, 5) is 1.00. The molecule has 3 heteroatoms. The summed E-state index contributed by atoms with van der Waals surface area (Å²) in [7, 11) is 0. The van der Waals surface area contributed by atoms with Gasteiger partial charge in [-0.25, -0.2) is 0 Å². The highest BCUT2D eigenvalue weighted by molar-refractivity contribution is 5.70. The lowest BCUT2D eigenvalue weighted by atomic mass is 10.7. The summed E-state index contributed by atoms with van der Waals surface area (Å²) in [6.45, 7) is 0. The minimum Gasteiger partial charge on any atom is -0.0212 e. The van der Waals surface area contributed by atoms with Crippen LogP contribution in [0.4, 0.5) is 0 Å². The first-order valence-corrected chi connectivity index (χ1v) is 1.61. The summed E-state index contributed by atoms with van der Waals surface area (Å²) in [5, 5.41) is 3.50. The van der Waals surface area contributed by atoms with Crippen molar-refractivity contribution in [3.8, 4) is 0 Å². The zero-order valence-electron chi connectivity index (χ0n) is 3.13. The SMILES string of the molecule is N=[N+]1C=CC=N1. The number of nitrogens with one attached hydrogen (secondary N) is 1. The molecule has 0 spiro atoms. The molecule has 30 valence electrons. The van der Waals surface area contributed by atoms with E-state index in [4.69, 9.17) is 5.53 Å². The second kappa shape index (κ2) is 1.01. The molecule has 0 atom stereocenters. The van der Waals surface area contributed by atoms with E-state index in [0.717, 1.165) is 4.81 Å². The van der Waals surface area contributed by atoms with Gasteiger partial charge in [-0.1, -0.05) is 0 Å². The van der Waals surface area contributed by atoms with Crippen molar-refractivity contribution < 1.29 is 4.81 Å². The van der Waals surface area contributed by atoms with E-state index < -0.39 is 0 Å². The molecular weight excluding hydrogens is 78.1 g/mol. The lowest BCUT2D eigenvalue weighted by molar-refractivity contribution is -0.552. The Morgan fingerprint density at radius 1 is 1.67 bits per heavy atom. The highest BCUT2D eigenvalue weighted by atomic mass is 15.5. The third-order valence-electron chi connectivity index (χ3n) is 0.504. The Balaban J connectivity index is 2.86. The van der Waals surface area contributed by atoms with Gasteiger partial charge in [-0.15, -0.1) is 0 Å². The van der Waals surface area contributed by atoms with Crippen LogP contribution in [-0.2, 0) is 0 Å². The Hall–Kier alpha value is -0.990. The molecule has 1 heterocycles. The van der Waals surface area contributed by atoms with Crippen molar-refractivity contribution in [2.45, 2.75) is 0 Å². The Morgan fingerprint density at radius 3 is 2.67 bits per heavy atom. The summed E-state index contributed by atoms with van der Waals surface area (Å²) in [5.74, 6) is 0. The fraction of sp³-hybridized carbons (Fsp3) is 0. The molecule has 1 rings (SSSR count). The van der Waals surface area contributed by atoms with Crippen LogP contribution in [0.15, 0.2) is 17.4 Å². The standard InChI is InChI=1S/C3H4N3/c4-6-3-1-2-5-6/h1-4H/q+1. The van der Waals surface area contributed by atoms with Gasteiger partial charge in [-0.2, -0.15) is 0 Å². The molecule has 0 saturated carbocycles. The van der Waals surface area contributed by atoms with E-state index in [0.29, 0.717) is 0 Å². The monoisotopic (exact) mass is 82.0 g/mol. The Morgan fingerprint density at radius 2 is 2.50 bits per heavy atom. The van der Waals surface area contributed by atoms with E-state index in [1.54, 1.807) is 18.5 Å². The molecule has 0 bridgehead atoms. The van der Waals surface area contributed by atoms with Crippen molar-refractivity contribution in [3.05, 3.63) is 12.3 Å². The number of hydrogen-bond acceptors (Lipinski definition) is 1. The van der Waals surface area contributed by atoms with Gasteiger partial charge in [-0.05, 0) is 5.53 Å². The smallest absolute Gasteiger partial charge is 0.0212 e. The molecule has 0 radical (unpaired) electrons. The fourth-order valence-electron chi connectivity index (χ4n) is 0.269. The molecular formula is C3H4N3+. The average Bonchev–Trinajstić information content (AvgIpc) is 1.86. The Labute approximate surface area is 35.1 Å². The van der Waals surface area contributed by atoms with E-state index in [1.807, 2.05) is 0 Å². The summed E-state index contributed by atoms with van der Waals surface area (Å²) >= 11 is 0. The maximum absolute atomic E-state index is 6.68. The van der Waals surface area contributed by atoms with Crippen molar-refractivity contribution in [2.24, 2.45) is 5.10 Å². The number of rotatable bonds is 0. The fourth-order valence-corrected chi connectivity index (χ4v) is 0.269. The average molecular weight is 82.1 g/mol. The van der Waals surface area contributed by atoms with Gasteiger partial charge >= 0.3 is 0 Å². The topological polar surface area (TPSA) is 39.2 Å². The summed E-state index contributed by atoms with van der Waals surface area (Å²) in [6, 6.07) is 0. The highest BCUT2D eigenvalue weighted by Gasteiger charge is 1.94. The van der Waals surface area contributed by atoms with E-state index >= 15 is 0 Å². The van der Waals surface area contributed by atoms with E-state index in [2.05, 4.69) is 5.10 Å². The number of hydrogen-bond donors (Lipinski definition) is 1. The van der Waals surface area contributed by atoms with Crippen molar-refractivity contribution in [3.63, 3.8) is 0 Å². The van der Waals surface area contributed by atoms with E-state index in [-0.39, 0.29) is 0 Å². The molecule has 1 N–H and O–H groups in total. The zero-order valence-corrected chi connectivity index (χ0v) is 3.13. The van der Waals surface area contributed by atoms with Crippen molar-refractivity contribution in [2.75, 3.05) is 0 Å². The number of allylic oxidation sites excluding steroid dienone is 1. The third kappa shape index (κ3) is 0.337. The molecule has 0 aromatic heterocycles. The van der Waals surface area contributed by atoms with Gasteiger partial charge in [0.25, 0.3) is 0 Å². The predicted octanol–water partition coefficient (Wildman–Crippen LogP) is 0.543. The minimum atomic E-state index is 1.00. The van der Waals surface area contributed by atoms with Crippen LogP contribution < -0.4 is 0 Å². The van der Waals surface area contributed by atoms with Crippen molar-refractivity contribution >= 4 is 6.21 Å². The molecule has 1 aliphatic heterocycles. The van der Waals surface area contributed by atoms with Gasteiger partial charge in [0.2, 0.25) is 6.20 Å². The molecule has 0 saturated heterocycles. The van der Waals surface area contributed by atoms with Crippen LogP contribution in [0, 0.1) is 5.53 Å². The van der Waals surface area contributed by atoms with E-state index in [1.165, 1.54) is 0 Å². The van der Waals surface area contributed by atoms with Crippen molar-refractivity contribution in [1.82, 2.24) is 0 Å². The van der Waals surface area contributed by atoms with Crippen LogP contribution in [0.3, 0.4) is 0 Å². The van der Waals surface area contributed by atoms with Gasteiger partial charge in [0.15, 0.2) is 0 Å². The van der Waals surface area contributed by atoms with Gasteiger partial charge < -0.3 is 0 Å². The maximum Gasteiger partial charge on any atom is 0.234 e. The van der Waals surface area contributed by atoms with Crippen LogP contribution in [0.5, 0.6) is 0 Å². The summed E-state index contributed by atoms with van der Waals surface area (Å²) < 4.78 is 0. The third-order valence-corrected chi connectivity index (χ3v) is 0.504. The lowest BCUT2D eigenvalue weighted by Crippen LogP contribution is -1.76. The maximum atomic E-state index is 6.68. The highest BCUT2D eigenvalue weighted by Crippen LogP contribution is 1.82. The normalized spacial score (nSPS) is 17.0. The molecule has 1 aliphatic rings. The van der Waals surface area contributed by atoms with E-state index in [9.17, 15) is 0 Å². The molecule has 0 aromatic carbocycles. The molecule has 0 unspecified atom stereocenters. The first kappa shape index (κ1) is 3.21. The van der Waals surface area contributed by atoms with Crippen LogP contribution in [0.2, 0.25) is 0 Å². The van der Waals surface area contributed by atoms with Crippen LogP contribution in [-0.4, -0.2) is 11.0 Å². The molecule has 3 nitrogen and oxygen atoms in total. The van der Waals surface area contributed by atoms with Crippen LogP contribution in [0.1, 0.15) is 0 Å². The Kier molecular flexibility index (Phi) is 0.538. The number of hydrazone groups is 1. The summed E-state index contributed by atoms with van der Waals surface area (Å²) in [5.41, 5.74) is 6.68. The number of nitrogens with zero attached hydrogens (tertiary/aromatic N) is 2. The first-order valence-electron chi connectivity index (χ1n) is 1.61. The second-order valence-electron chi connectivity index (χ2n) is 0.951. The van der Waals surface area contributed by atoms with Crippen molar-refractivity contribution in [1.29, 1.82) is 5.53 Å². The second-order valence-corrected chi connectivity index (χ2v) is 0.951. The van der Waals surface area contributed by atoms with Gasteiger partial charge in [0, 0.05) is 16.0 Å². The molecule has 0 fully saturated rings. The van der Waals surface area contributed by atoms with Crippen LogP contribution >= 0.6 is 0 Å². The first-order chi connectivity index (χ1) is 2.89. The zero-order chi connectivity index (χ0) is 4.41. The molecule has 0 amide bonds.